The zero-order valence-corrected chi connectivity index (χ0v) is 21.3. The molecule has 162 valence electrons. The normalized spacial score (nSPS) is 13.5. The molecule has 0 saturated carbocycles. The summed E-state index contributed by atoms with van der Waals surface area (Å²) in [4.78, 5) is 4.69. The number of benzene rings is 1. The minimum Gasteiger partial charge on any atom is -0.496 e. The molecule has 28 heavy (non-hydrogen) atoms. The molecule has 0 radical (unpaired) electrons. The molecule has 0 bridgehead atoms. The van der Waals surface area contributed by atoms with E-state index in [1.807, 2.05) is 32.9 Å². The number of sulfone groups is 1. The second kappa shape index (κ2) is 11.8. The van der Waals surface area contributed by atoms with Gasteiger partial charge in [0.1, 0.15) is 15.6 Å². The molecule has 1 aromatic carbocycles. The summed E-state index contributed by atoms with van der Waals surface area (Å²) in [6, 6.07) is 6.12. The van der Waals surface area contributed by atoms with Crippen LogP contribution in [0.1, 0.15) is 51.3 Å². The number of nitrogens with one attached hydrogen (secondary N) is 2. The van der Waals surface area contributed by atoms with Gasteiger partial charge in [0.25, 0.3) is 0 Å². The molecule has 0 saturated heterocycles. The summed E-state index contributed by atoms with van der Waals surface area (Å²) in [5, 5.41) is 6.68. The summed E-state index contributed by atoms with van der Waals surface area (Å²) in [7, 11) is -1.30. The van der Waals surface area contributed by atoms with Gasteiger partial charge in [0.2, 0.25) is 0 Å². The maximum absolute atomic E-state index is 11.4. The fraction of sp³-hybridized carbons (Fsp3) is 0.650. The van der Waals surface area contributed by atoms with E-state index in [1.165, 1.54) is 11.8 Å². The number of nitrogens with zero attached hydrogens (tertiary/aromatic N) is 1. The molecule has 0 aliphatic rings. The first-order valence-electron chi connectivity index (χ1n) is 9.34. The number of hydrogen-bond donors (Lipinski definition) is 2. The lowest BCUT2D eigenvalue weighted by molar-refractivity contribution is 0.365. The lowest BCUT2D eigenvalue weighted by Gasteiger charge is -2.24. The van der Waals surface area contributed by atoms with E-state index in [9.17, 15) is 8.42 Å². The van der Waals surface area contributed by atoms with Crippen LogP contribution in [0.15, 0.2) is 23.2 Å². The van der Waals surface area contributed by atoms with E-state index >= 15 is 0 Å². The van der Waals surface area contributed by atoms with Crippen LogP contribution >= 0.6 is 24.0 Å². The van der Waals surface area contributed by atoms with E-state index in [0.29, 0.717) is 18.9 Å². The second-order valence-corrected chi connectivity index (χ2v) is 10.1. The van der Waals surface area contributed by atoms with E-state index in [1.54, 1.807) is 7.11 Å². The first-order valence-corrected chi connectivity index (χ1v) is 11.4. The Hall–Kier alpha value is -1.03. The summed E-state index contributed by atoms with van der Waals surface area (Å²) in [6.45, 7) is 11.5. The molecule has 2 N–H and O–H groups in total. The third-order valence-corrected chi connectivity index (χ3v) is 5.31. The van der Waals surface area contributed by atoms with Crippen molar-refractivity contribution in [1.29, 1.82) is 0 Å². The van der Waals surface area contributed by atoms with Crippen LogP contribution < -0.4 is 15.4 Å². The Labute approximate surface area is 187 Å². The third kappa shape index (κ3) is 9.95. The standard InChI is InChI=1S/C20H35N3O3S.HI/c1-8-21-19(22-14-20(4,5)11-12-27(7,24)25)23-16(3)17-13-15(2)9-10-18(17)26-6;/h9-10,13,16H,8,11-12,14H2,1-7H3,(H2,21,22,23);1H. The van der Waals surface area contributed by atoms with Crippen LogP contribution in [-0.4, -0.2) is 46.6 Å². The van der Waals surface area contributed by atoms with Crippen molar-refractivity contribution in [3.8, 4) is 5.75 Å². The molecule has 0 spiro atoms. The van der Waals surface area contributed by atoms with Gasteiger partial charge in [0.05, 0.1) is 18.9 Å². The van der Waals surface area contributed by atoms with Crippen molar-refractivity contribution in [2.24, 2.45) is 10.4 Å². The first kappa shape index (κ1) is 27.0. The number of aliphatic imine (C=N–C) groups is 1. The van der Waals surface area contributed by atoms with Gasteiger partial charge in [-0.3, -0.25) is 4.99 Å². The number of ether oxygens (including phenoxy) is 1. The van der Waals surface area contributed by atoms with Crippen molar-refractivity contribution < 1.29 is 13.2 Å². The zero-order chi connectivity index (χ0) is 20.7. The topological polar surface area (TPSA) is 79.8 Å². The predicted octanol–water partition coefficient (Wildman–Crippen LogP) is 3.70. The maximum Gasteiger partial charge on any atom is 0.191 e. The Morgan fingerprint density at radius 3 is 2.50 bits per heavy atom. The lowest BCUT2D eigenvalue weighted by Crippen LogP contribution is -2.39. The number of rotatable bonds is 9. The van der Waals surface area contributed by atoms with E-state index in [2.05, 4.69) is 35.5 Å². The molecule has 1 unspecified atom stereocenters. The largest absolute Gasteiger partial charge is 0.496 e. The van der Waals surface area contributed by atoms with Gasteiger partial charge in [-0.1, -0.05) is 31.5 Å². The van der Waals surface area contributed by atoms with Gasteiger partial charge in [-0.25, -0.2) is 8.42 Å². The van der Waals surface area contributed by atoms with E-state index in [4.69, 9.17) is 4.74 Å². The van der Waals surface area contributed by atoms with Crippen LogP contribution in [0.3, 0.4) is 0 Å². The minimum atomic E-state index is -2.97. The molecule has 1 rings (SSSR count). The van der Waals surface area contributed by atoms with Gasteiger partial charge in [-0.2, -0.15) is 0 Å². The van der Waals surface area contributed by atoms with E-state index < -0.39 is 9.84 Å². The van der Waals surface area contributed by atoms with Gasteiger partial charge >= 0.3 is 0 Å². The molecule has 8 heteroatoms. The molecule has 0 aliphatic heterocycles. The van der Waals surface area contributed by atoms with Crippen LogP contribution in [-0.2, 0) is 9.84 Å². The number of halogens is 1. The quantitative estimate of drug-likeness (QED) is 0.292. The number of aryl methyl sites for hydroxylation is 1. The fourth-order valence-corrected chi connectivity index (χ4v) is 3.55. The summed E-state index contributed by atoms with van der Waals surface area (Å²) in [5.41, 5.74) is 2.04. The van der Waals surface area contributed by atoms with Crippen molar-refractivity contribution in [3.63, 3.8) is 0 Å². The van der Waals surface area contributed by atoms with E-state index in [0.717, 1.165) is 17.9 Å². The van der Waals surface area contributed by atoms with E-state index in [-0.39, 0.29) is 41.2 Å². The van der Waals surface area contributed by atoms with Crippen molar-refractivity contribution in [3.05, 3.63) is 29.3 Å². The molecule has 0 aliphatic carbocycles. The third-order valence-electron chi connectivity index (χ3n) is 4.36. The summed E-state index contributed by atoms with van der Waals surface area (Å²) >= 11 is 0. The molecule has 1 aromatic rings. The number of hydrogen-bond acceptors (Lipinski definition) is 4. The van der Waals surface area contributed by atoms with Gasteiger partial charge in [-0.15, -0.1) is 24.0 Å². The van der Waals surface area contributed by atoms with Crippen LogP contribution in [0.2, 0.25) is 0 Å². The molecule has 0 fully saturated rings. The molecule has 6 nitrogen and oxygen atoms in total. The average molecular weight is 525 g/mol. The van der Waals surface area contributed by atoms with Gasteiger partial charge in [0.15, 0.2) is 5.96 Å². The highest BCUT2D eigenvalue weighted by molar-refractivity contribution is 14.0. The monoisotopic (exact) mass is 525 g/mol. The van der Waals surface area contributed by atoms with Crippen molar-refractivity contribution >= 4 is 39.8 Å². The van der Waals surface area contributed by atoms with Crippen molar-refractivity contribution in [2.75, 3.05) is 32.2 Å². The number of guanidine groups is 1. The Kier molecular flexibility index (Phi) is 11.4. The van der Waals surface area contributed by atoms with Crippen molar-refractivity contribution in [1.82, 2.24) is 10.6 Å². The number of methoxy groups -OCH3 is 1. The molecular formula is C20H36IN3O3S. The van der Waals surface area contributed by atoms with Crippen LogP contribution in [0.25, 0.3) is 0 Å². The summed E-state index contributed by atoms with van der Waals surface area (Å²) in [6.07, 6.45) is 1.85. The average Bonchev–Trinajstić information content (AvgIpc) is 2.57. The minimum absolute atomic E-state index is 0. The van der Waals surface area contributed by atoms with Crippen LogP contribution in [0.4, 0.5) is 0 Å². The van der Waals surface area contributed by atoms with Crippen molar-refractivity contribution in [2.45, 2.75) is 47.1 Å². The van der Waals surface area contributed by atoms with Crippen LogP contribution in [0.5, 0.6) is 5.75 Å². The molecule has 0 amide bonds. The highest BCUT2D eigenvalue weighted by atomic mass is 127. The molecule has 0 heterocycles. The molecule has 1 atom stereocenters. The van der Waals surface area contributed by atoms with Gasteiger partial charge in [-0.05, 0) is 38.7 Å². The SMILES string of the molecule is CCNC(=NCC(C)(C)CCS(C)(=O)=O)NC(C)c1cc(C)ccc1OC.I. The Morgan fingerprint density at radius 1 is 1.32 bits per heavy atom. The fourth-order valence-electron chi connectivity index (χ4n) is 2.63. The second-order valence-electron chi connectivity index (χ2n) is 7.85. The first-order chi connectivity index (χ1) is 12.5. The smallest absolute Gasteiger partial charge is 0.191 e. The molecule has 0 aromatic heterocycles. The molecular weight excluding hydrogens is 489 g/mol. The lowest BCUT2D eigenvalue weighted by atomic mass is 9.90. The van der Waals surface area contributed by atoms with Gasteiger partial charge in [0, 0.05) is 24.9 Å². The zero-order valence-electron chi connectivity index (χ0n) is 18.1. The summed E-state index contributed by atoms with van der Waals surface area (Å²) in [5.74, 6) is 1.72. The maximum atomic E-state index is 11.4. The van der Waals surface area contributed by atoms with Crippen LogP contribution in [0, 0.1) is 12.3 Å². The predicted molar refractivity (Wildman–Crippen MR) is 129 cm³/mol. The Balaban J connectivity index is 0.00000729. The Bertz CT molecular complexity index is 749. The highest BCUT2D eigenvalue weighted by Gasteiger charge is 2.21. The summed E-state index contributed by atoms with van der Waals surface area (Å²) < 4.78 is 28.4. The highest BCUT2D eigenvalue weighted by Crippen LogP contribution is 2.26. The van der Waals surface area contributed by atoms with Gasteiger partial charge < -0.3 is 15.4 Å². The Morgan fingerprint density at radius 2 is 1.96 bits per heavy atom.